The molecule has 1 rings (SSSR count). The van der Waals surface area contributed by atoms with E-state index < -0.39 is 11.5 Å². The molecule has 1 unspecified atom stereocenters. The number of benzene rings is 1. The van der Waals surface area contributed by atoms with Crippen molar-refractivity contribution in [2.45, 2.75) is 32.7 Å². The van der Waals surface area contributed by atoms with Gasteiger partial charge in [-0.1, -0.05) is 25.1 Å². The third-order valence-corrected chi connectivity index (χ3v) is 3.25. The van der Waals surface area contributed by atoms with Gasteiger partial charge in [0.15, 0.2) is 0 Å². The van der Waals surface area contributed by atoms with Crippen molar-refractivity contribution in [2.24, 2.45) is 0 Å². The Balaban J connectivity index is 2.84. The highest BCUT2D eigenvalue weighted by Gasteiger charge is 2.34. The second-order valence-corrected chi connectivity index (χ2v) is 4.91. The second kappa shape index (κ2) is 7.14. The number of carboxylic acids is 1. The monoisotopic (exact) mass is 264 g/mol. The van der Waals surface area contributed by atoms with Gasteiger partial charge in [0, 0.05) is 18.8 Å². The number of para-hydroxylation sites is 1. The maximum atomic E-state index is 11.5. The molecule has 19 heavy (non-hydrogen) atoms. The average Bonchev–Trinajstić information content (AvgIpc) is 2.43. The quantitative estimate of drug-likeness (QED) is 0.757. The van der Waals surface area contributed by atoms with Crippen LogP contribution in [-0.4, -0.2) is 36.2 Å². The molecule has 0 saturated heterocycles. The number of nitrogens with one attached hydrogen (secondary N) is 1. The van der Waals surface area contributed by atoms with Crippen molar-refractivity contribution >= 4 is 11.7 Å². The first-order valence-electron chi connectivity index (χ1n) is 6.82. The van der Waals surface area contributed by atoms with Crippen molar-refractivity contribution in [3.63, 3.8) is 0 Å². The van der Waals surface area contributed by atoms with Crippen LogP contribution in [0.5, 0.6) is 0 Å². The number of likely N-dealkylation sites (N-methyl/N-ethyl adjacent to an activating group) is 1. The first-order chi connectivity index (χ1) is 9.03. The Kier molecular flexibility index (Phi) is 5.83. The summed E-state index contributed by atoms with van der Waals surface area (Å²) in [6, 6.07) is 9.91. The fourth-order valence-corrected chi connectivity index (χ4v) is 2.01. The topological polar surface area (TPSA) is 52.6 Å². The van der Waals surface area contributed by atoms with E-state index in [0.29, 0.717) is 13.1 Å². The van der Waals surface area contributed by atoms with E-state index >= 15 is 0 Å². The van der Waals surface area contributed by atoms with Gasteiger partial charge in [0.05, 0.1) is 0 Å². The molecule has 0 bridgehead atoms. The number of aliphatic carboxylic acids is 1. The smallest absolute Gasteiger partial charge is 0.325 e. The number of carbonyl (C=O) groups is 1. The Labute approximate surface area is 115 Å². The highest BCUT2D eigenvalue weighted by molar-refractivity contribution is 5.79. The summed E-state index contributed by atoms with van der Waals surface area (Å²) in [7, 11) is 0. The third kappa shape index (κ3) is 4.24. The molecule has 0 saturated carbocycles. The molecule has 2 N–H and O–H groups in total. The Morgan fingerprint density at radius 2 is 1.95 bits per heavy atom. The van der Waals surface area contributed by atoms with E-state index in [2.05, 4.69) is 10.2 Å². The van der Waals surface area contributed by atoms with Gasteiger partial charge in [0.25, 0.3) is 0 Å². The Bertz CT molecular complexity index is 394. The highest BCUT2D eigenvalue weighted by Crippen LogP contribution is 2.17. The summed E-state index contributed by atoms with van der Waals surface area (Å²) >= 11 is 0. The van der Waals surface area contributed by atoms with Gasteiger partial charge >= 0.3 is 5.97 Å². The zero-order chi connectivity index (χ0) is 14.3. The number of hydrogen-bond acceptors (Lipinski definition) is 3. The zero-order valence-corrected chi connectivity index (χ0v) is 12.0. The fraction of sp³-hybridized carbons (Fsp3) is 0.533. The number of anilines is 1. The lowest BCUT2D eigenvalue weighted by Crippen LogP contribution is -2.57. The molecule has 0 aliphatic carbocycles. The minimum Gasteiger partial charge on any atom is -0.480 e. The molecule has 1 atom stereocenters. The largest absolute Gasteiger partial charge is 0.480 e. The van der Waals surface area contributed by atoms with Crippen molar-refractivity contribution in [2.75, 3.05) is 24.5 Å². The molecule has 1 aromatic carbocycles. The summed E-state index contributed by atoms with van der Waals surface area (Å²) in [5.41, 5.74) is 0.123. The maximum absolute atomic E-state index is 11.5. The predicted octanol–water partition coefficient (Wildman–Crippen LogP) is 2.36. The van der Waals surface area contributed by atoms with Gasteiger partial charge < -0.3 is 15.3 Å². The van der Waals surface area contributed by atoms with Gasteiger partial charge in [-0.3, -0.25) is 4.79 Å². The summed E-state index contributed by atoms with van der Waals surface area (Å²) in [6.07, 6.45) is 0.917. The van der Waals surface area contributed by atoms with E-state index in [1.165, 1.54) is 0 Å². The Morgan fingerprint density at radius 3 is 2.42 bits per heavy atom. The number of nitrogens with zero attached hydrogens (tertiary/aromatic N) is 1. The van der Waals surface area contributed by atoms with Crippen molar-refractivity contribution < 1.29 is 9.90 Å². The van der Waals surface area contributed by atoms with Crippen LogP contribution in [0.2, 0.25) is 0 Å². The summed E-state index contributed by atoms with van der Waals surface area (Å²) in [6.45, 7) is 7.74. The fourth-order valence-electron chi connectivity index (χ4n) is 2.01. The van der Waals surface area contributed by atoms with Crippen LogP contribution >= 0.6 is 0 Å². The van der Waals surface area contributed by atoms with Crippen molar-refractivity contribution in [1.29, 1.82) is 0 Å². The van der Waals surface area contributed by atoms with Gasteiger partial charge in [-0.15, -0.1) is 0 Å². The molecule has 4 nitrogen and oxygen atoms in total. The third-order valence-electron chi connectivity index (χ3n) is 3.25. The summed E-state index contributed by atoms with van der Waals surface area (Å²) in [4.78, 5) is 13.6. The van der Waals surface area contributed by atoms with Crippen LogP contribution in [0.15, 0.2) is 30.3 Å². The minimum atomic E-state index is -0.929. The summed E-state index contributed by atoms with van der Waals surface area (Å²) in [5.74, 6) is -0.810. The predicted molar refractivity (Wildman–Crippen MR) is 78.7 cm³/mol. The lowest BCUT2D eigenvalue weighted by molar-refractivity contribution is -0.143. The molecular formula is C15H24N2O2. The van der Waals surface area contributed by atoms with Crippen molar-refractivity contribution in [3.05, 3.63) is 30.3 Å². The molecule has 106 valence electrons. The lowest BCUT2D eigenvalue weighted by atomic mass is 10.0. The number of carboxylic acid groups (broad SMARTS) is 1. The van der Waals surface area contributed by atoms with E-state index in [1.807, 2.05) is 44.2 Å². The number of rotatable bonds is 8. The van der Waals surface area contributed by atoms with Gasteiger partial charge in [-0.2, -0.15) is 0 Å². The molecule has 0 fully saturated rings. The summed E-state index contributed by atoms with van der Waals surface area (Å²) < 4.78 is 0. The van der Waals surface area contributed by atoms with Gasteiger partial charge in [0.2, 0.25) is 0 Å². The molecule has 0 aromatic heterocycles. The lowest BCUT2D eigenvalue weighted by Gasteiger charge is -2.34. The maximum Gasteiger partial charge on any atom is 0.325 e. The molecule has 0 spiro atoms. The van der Waals surface area contributed by atoms with Crippen LogP contribution in [0, 0.1) is 0 Å². The van der Waals surface area contributed by atoms with Crippen LogP contribution in [0.4, 0.5) is 5.69 Å². The molecule has 1 aromatic rings. The van der Waals surface area contributed by atoms with E-state index in [9.17, 15) is 9.90 Å². The van der Waals surface area contributed by atoms with Gasteiger partial charge in [-0.05, 0) is 38.9 Å². The molecule has 0 aliphatic rings. The van der Waals surface area contributed by atoms with Crippen LogP contribution in [0.1, 0.15) is 27.2 Å². The number of hydrogen-bond donors (Lipinski definition) is 2. The molecular weight excluding hydrogens is 240 g/mol. The molecule has 0 amide bonds. The highest BCUT2D eigenvalue weighted by atomic mass is 16.4. The van der Waals surface area contributed by atoms with Gasteiger partial charge in [0.1, 0.15) is 5.54 Å². The summed E-state index contributed by atoms with van der Waals surface area (Å²) in [5, 5.41) is 12.6. The van der Waals surface area contributed by atoms with Gasteiger partial charge in [-0.25, -0.2) is 0 Å². The standard InChI is InChI=1S/C15H24N2O2/c1-4-11-16-15(3,14(18)19)12-17(5-2)13-9-7-6-8-10-13/h6-10,16H,4-5,11-12H2,1-3H3,(H,18,19). The van der Waals surface area contributed by atoms with Crippen molar-refractivity contribution in [3.8, 4) is 0 Å². The second-order valence-electron chi connectivity index (χ2n) is 4.91. The molecule has 0 heterocycles. The van der Waals surface area contributed by atoms with E-state index in [4.69, 9.17) is 0 Å². The molecule has 0 radical (unpaired) electrons. The van der Waals surface area contributed by atoms with Crippen LogP contribution in [-0.2, 0) is 4.79 Å². The van der Waals surface area contributed by atoms with E-state index in [0.717, 1.165) is 18.7 Å². The van der Waals surface area contributed by atoms with Crippen LogP contribution in [0.3, 0.4) is 0 Å². The SMILES string of the molecule is CCCNC(C)(CN(CC)c1ccccc1)C(=O)O. The van der Waals surface area contributed by atoms with Crippen LogP contribution in [0.25, 0.3) is 0 Å². The Morgan fingerprint density at radius 1 is 1.32 bits per heavy atom. The van der Waals surface area contributed by atoms with Crippen molar-refractivity contribution in [1.82, 2.24) is 5.32 Å². The molecule has 0 aliphatic heterocycles. The van der Waals surface area contributed by atoms with E-state index in [1.54, 1.807) is 6.92 Å². The first kappa shape index (κ1) is 15.5. The zero-order valence-electron chi connectivity index (χ0n) is 12.0. The van der Waals surface area contributed by atoms with Crippen LogP contribution < -0.4 is 10.2 Å². The first-order valence-corrected chi connectivity index (χ1v) is 6.82. The van der Waals surface area contributed by atoms with E-state index in [-0.39, 0.29) is 0 Å². The normalized spacial score (nSPS) is 13.8. The molecule has 4 heteroatoms. The average molecular weight is 264 g/mol. The minimum absolute atomic E-state index is 0.447. The Hall–Kier alpha value is -1.55.